The molecule has 0 bridgehead atoms. The number of halogens is 2. The van der Waals surface area contributed by atoms with Crippen molar-refractivity contribution in [1.82, 2.24) is 14.8 Å². The zero-order valence-electron chi connectivity index (χ0n) is 18.0. The summed E-state index contributed by atoms with van der Waals surface area (Å²) in [5.74, 6) is 0.576. The fourth-order valence-electron chi connectivity index (χ4n) is 4.36. The van der Waals surface area contributed by atoms with Gasteiger partial charge in [0.1, 0.15) is 14.8 Å². The van der Waals surface area contributed by atoms with E-state index in [0.717, 1.165) is 35.9 Å². The summed E-state index contributed by atoms with van der Waals surface area (Å²) < 4.78 is 9.48. The van der Waals surface area contributed by atoms with Gasteiger partial charge in [-0.25, -0.2) is 9.67 Å². The van der Waals surface area contributed by atoms with Crippen molar-refractivity contribution in [2.75, 3.05) is 6.61 Å². The lowest BCUT2D eigenvalue weighted by Crippen LogP contribution is -2.38. The molecule has 6 heteroatoms. The molecule has 2 heterocycles. The minimum Gasteiger partial charge on any atom is -0.477 e. The van der Waals surface area contributed by atoms with E-state index in [1.807, 2.05) is 25.1 Å². The van der Waals surface area contributed by atoms with Gasteiger partial charge in [0, 0.05) is 0 Å². The number of aromatic nitrogens is 3. The number of rotatable bonds is 6. The lowest BCUT2D eigenvalue weighted by Gasteiger charge is -2.36. The Kier molecular flexibility index (Phi) is 6.21. The second-order valence-electron chi connectivity index (χ2n) is 7.59. The maximum atomic E-state index is 5.75. The maximum absolute atomic E-state index is 5.75. The summed E-state index contributed by atoms with van der Waals surface area (Å²) in [6.45, 7) is 2.50. The van der Waals surface area contributed by atoms with E-state index in [-0.39, 0.29) is 0 Å². The van der Waals surface area contributed by atoms with Gasteiger partial charge in [-0.3, -0.25) is 0 Å². The Morgan fingerprint density at radius 3 is 1.79 bits per heavy atom. The van der Waals surface area contributed by atoms with Gasteiger partial charge in [-0.15, -0.1) is 0 Å². The Labute approximate surface area is 214 Å². The molecule has 0 saturated heterocycles. The highest BCUT2D eigenvalue weighted by Gasteiger charge is 2.41. The summed E-state index contributed by atoms with van der Waals surface area (Å²) in [5.41, 5.74) is 4.40. The molecule has 0 atom stereocenters. The minimum atomic E-state index is -0.695. The van der Waals surface area contributed by atoms with E-state index < -0.39 is 5.54 Å². The standard InChI is InChI=1S/C27H21BrIN3O/c1-2-33-26-22(28)18-23-24(30-26)25(29)31-32(23)27(19-12-6-3-7-13-19,20-14-8-4-9-15-20)21-16-10-5-11-17-21/h3-18H,2H2,1H3. The molecule has 2 aromatic heterocycles. The summed E-state index contributed by atoms with van der Waals surface area (Å²) in [6, 6.07) is 33.6. The fraction of sp³-hybridized carbons (Fsp3) is 0.111. The van der Waals surface area contributed by atoms with Gasteiger partial charge in [-0.2, -0.15) is 5.10 Å². The zero-order valence-corrected chi connectivity index (χ0v) is 21.7. The minimum absolute atomic E-state index is 0.545. The second-order valence-corrected chi connectivity index (χ2v) is 9.46. The van der Waals surface area contributed by atoms with Gasteiger partial charge >= 0.3 is 0 Å². The van der Waals surface area contributed by atoms with Crippen molar-refractivity contribution in [1.29, 1.82) is 0 Å². The first-order chi connectivity index (χ1) is 16.2. The summed E-state index contributed by atoms with van der Waals surface area (Å²) in [6.07, 6.45) is 0. The molecule has 5 aromatic rings. The van der Waals surface area contributed by atoms with Crippen LogP contribution in [0.2, 0.25) is 0 Å². The lowest BCUT2D eigenvalue weighted by atomic mass is 9.77. The largest absolute Gasteiger partial charge is 0.477 e. The first kappa shape index (κ1) is 22.1. The molecule has 0 aliphatic heterocycles. The van der Waals surface area contributed by atoms with Gasteiger partial charge in [-0.05, 0) is 68.2 Å². The van der Waals surface area contributed by atoms with E-state index in [1.54, 1.807) is 0 Å². The van der Waals surface area contributed by atoms with Crippen LogP contribution in [0, 0.1) is 3.70 Å². The molecule has 0 fully saturated rings. The maximum Gasteiger partial charge on any atom is 0.228 e. The number of ether oxygens (including phenoxy) is 1. The van der Waals surface area contributed by atoms with Crippen molar-refractivity contribution in [3.63, 3.8) is 0 Å². The van der Waals surface area contributed by atoms with E-state index in [0.29, 0.717) is 12.5 Å². The van der Waals surface area contributed by atoms with Crippen LogP contribution in [0.1, 0.15) is 23.6 Å². The van der Waals surface area contributed by atoms with E-state index in [1.165, 1.54) is 0 Å². The molecule has 0 amide bonds. The van der Waals surface area contributed by atoms with Gasteiger partial charge in [0.2, 0.25) is 5.88 Å². The van der Waals surface area contributed by atoms with Gasteiger partial charge in [-0.1, -0.05) is 91.0 Å². The van der Waals surface area contributed by atoms with Gasteiger partial charge < -0.3 is 4.74 Å². The zero-order chi connectivity index (χ0) is 22.8. The molecular formula is C27H21BrIN3O. The highest BCUT2D eigenvalue weighted by molar-refractivity contribution is 14.1. The van der Waals surface area contributed by atoms with Gasteiger partial charge in [0.25, 0.3) is 0 Å². The Hall–Kier alpha value is -2.71. The Balaban J connectivity index is 1.94. The average Bonchev–Trinajstić information content (AvgIpc) is 3.17. The molecule has 0 radical (unpaired) electrons. The van der Waals surface area contributed by atoms with Crippen molar-refractivity contribution >= 4 is 49.6 Å². The average molecular weight is 610 g/mol. The second kappa shape index (κ2) is 9.27. The topological polar surface area (TPSA) is 39.9 Å². The molecule has 0 aliphatic carbocycles. The molecule has 4 nitrogen and oxygen atoms in total. The van der Waals surface area contributed by atoms with Crippen LogP contribution < -0.4 is 4.74 Å². The number of fused-ring (bicyclic) bond motifs is 1. The van der Waals surface area contributed by atoms with Crippen molar-refractivity contribution < 1.29 is 4.74 Å². The number of hydrogen-bond acceptors (Lipinski definition) is 3. The molecule has 3 aromatic carbocycles. The Bertz CT molecular complexity index is 1290. The molecule has 0 saturated carbocycles. The monoisotopic (exact) mass is 609 g/mol. The van der Waals surface area contributed by atoms with Gasteiger partial charge in [0.15, 0.2) is 0 Å². The molecule has 0 spiro atoms. The highest BCUT2D eigenvalue weighted by atomic mass is 127. The first-order valence-corrected chi connectivity index (χ1v) is 12.6. The van der Waals surface area contributed by atoms with E-state index in [9.17, 15) is 0 Å². The van der Waals surface area contributed by atoms with E-state index >= 15 is 0 Å². The van der Waals surface area contributed by atoms with E-state index in [2.05, 4.69) is 122 Å². The third kappa shape index (κ3) is 3.75. The smallest absolute Gasteiger partial charge is 0.228 e. The quantitative estimate of drug-likeness (QED) is 0.153. The van der Waals surface area contributed by atoms with Crippen LogP contribution in [0.3, 0.4) is 0 Å². The summed E-state index contributed by atoms with van der Waals surface area (Å²) in [5, 5.41) is 5.10. The van der Waals surface area contributed by atoms with Crippen LogP contribution in [-0.4, -0.2) is 21.4 Å². The third-order valence-electron chi connectivity index (χ3n) is 5.71. The molecule has 0 unspecified atom stereocenters. The molecular weight excluding hydrogens is 589 g/mol. The molecule has 0 N–H and O–H groups in total. The fourth-order valence-corrected chi connectivity index (χ4v) is 5.40. The van der Waals surface area contributed by atoms with Crippen LogP contribution in [0.25, 0.3) is 11.0 Å². The van der Waals surface area contributed by atoms with Crippen LogP contribution in [0.5, 0.6) is 5.88 Å². The summed E-state index contributed by atoms with van der Waals surface area (Å²) in [7, 11) is 0. The lowest BCUT2D eigenvalue weighted by molar-refractivity contribution is 0.326. The molecule has 0 aliphatic rings. The van der Waals surface area contributed by atoms with Crippen LogP contribution in [0.4, 0.5) is 0 Å². The third-order valence-corrected chi connectivity index (χ3v) is 7.00. The molecule has 33 heavy (non-hydrogen) atoms. The number of pyridine rings is 1. The van der Waals surface area contributed by atoms with Crippen molar-refractivity contribution in [3.8, 4) is 5.88 Å². The highest BCUT2D eigenvalue weighted by Crippen LogP contribution is 2.43. The SMILES string of the molecule is CCOc1nc2c(I)nn(C(c3ccccc3)(c3ccccc3)c3ccccc3)c2cc1Br. The summed E-state index contributed by atoms with van der Waals surface area (Å²) >= 11 is 5.93. The predicted molar refractivity (Wildman–Crippen MR) is 144 cm³/mol. The van der Waals surface area contributed by atoms with Gasteiger partial charge in [0.05, 0.1) is 16.6 Å². The van der Waals surface area contributed by atoms with Crippen LogP contribution in [-0.2, 0) is 5.54 Å². The van der Waals surface area contributed by atoms with Crippen molar-refractivity contribution in [2.24, 2.45) is 0 Å². The van der Waals surface area contributed by atoms with E-state index in [4.69, 9.17) is 14.8 Å². The van der Waals surface area contributed by atoms with Crippen LogP contribution >= 0.6 is 38.5 Å². The Morgan fingerprint density at radius 2 is 1.33 bits per heavy atom. The molecule has 5 rings (SSSR count). The first-order valence-electron chi connectivity index (χ1n) is 10.7. The van der Waals surface area contributed by atoms with Crippen LogP contribution in [0.15, 0.2) is 102 Å². The predicted octanol–water partition coefficient (Wildman–Crippen LogP) is 7.04. The number of hydrogen-bond donors (Lipinski definition) is 0. The Morgan fingerprint density at radius 1 is 0.848 bits per heavy atom. The molecule has 164 valence electrons. The number of nitrogens with zero attached hydrogens (tertiary/aromatic N) is 3. The normalized spacial score (nSPS) is 11.6. The van der Waals surface area contributed by atoms with Crippen molar-refractivity contribution in [2.45, 2.75) is 12.5 Å². The summed E-state index contributed by atoms with van der Waals surface area (Å²) in [4.78, 5) is 4.82. The van der Waals surface area contributed by atoms with Crippen molar-refractivity contribution in [3.05, 3.63) is 122 Å². The number of benzene rings is 3.